The monoisotopic (exact) mass is 344 g/mol. The van der Waals surface area contributed by atoms with E-state index in [1.54, 1.807) is 0 Å². The summed E-state index contributed by atoms with van der Waals surface area (Å²) in [6, 6.07) is 9.65. The number of thioether (sulfide) groups is 1. The van der Waals surface area contributed by atoms with Crippen LogP contribution in [0.5, 0.6) is 0 Å². The van der Waals surface area contributed by atoms with E-state index in [1.807, 2.05) is 30.3 Å². The van der Waals surface area contributed by atoms with E-state index in [2.05, 4.69) is 20.4 Å². The van der Waals surface area contributed by atoms with Crippen LogP contribution >= 0.6 is 11.8 Å². The summed E-state index contributed by atoms with van der Waals surface area (Å²) in [5.74, 6) is 8.21. The van der Waals surface area contributed by atoms with E-state index in [-0.39, 0.29) is 6.10 Å². The average Bonchev–Trinajstić information content (AvgIpc) is 3.35. The molecular weight excluding hydrogens is 328 g/mol. The number of nitrogens with two attached hydrogens (primary N) is 1. The first-order chi connectivity index (χ1) is 11.8. The number of nitrogen functional groups attached to an aromatic ring is 1. The number of ether oxygens (including phenoxy) is 1. The Morgan fingerprint density at radius 1 is 1.17 bits per heavy atom. The molecule has 0 saturated carbocycles. The van der Waals surface area contributed by atoms with E-state index >= 15 is 0 Å². The molecule has 1 saturated heterocycles. The highest BCUT2D eigenvalue weighted by molar-refractivity contribution is 7.98. The summed E-state index contributed by atoms with van der Waals surface area (Å²) >= 11 is 1.40. The molecule has 9 heteroatoms. The molecule has 8 nitrogen and oxygen atoms in total. The summed E-state index contributed by atoms with van der Waals surface area (Å²) < 4.78 is 12.7. The van der Waals surface area contributed by atoms with Crippen LogP contribution in [-0.4, -0.2) is 31.7 Å². The molecule has 0 spiro atoms. The first-order valence-corrected chi connectivity index (χ1v) is 8.62. The fourth-order valence-corrected chi connectivity index (χ4v) is 3.22. The normalized spacial score (nSPS) is 17.4. The Labute approximate surface area is 142 Å². The molecule has 2 N–H and O–H groups in total. The van der Waals surface area contributed by atoms with Crippen LogP contribution in [0.15, 0.2) is 39.9 Å². The van der Waals surface area contributed by atoms with Crippen LogP contribution in [0.4, 0.5) is 0 Å². The Bertz CT molecular complexity index is 812. The van der Waals surface area contributed by atoms with Gasteiger partial charge in [0, 0.05) is 12.2 Å². The third-order valence-corrected chi connectivity index (χ3v) is 4.65. The van der Waals surface area contributed by atoms with Gasteiger partial charge in [-0.2, -0.15) is 0 Å². The van der Waals surface area contributed by atoms with E-state index in [1.165, 1.54) is 16.4 Å². The summed E-state index contributed by atoms with van der Waals surface area (Å²) in [7, 11) is 0. The second kappa shape index (κ2) is 6.62. The van der Waals surface area contributed by atoms with Crippen LogP contribution in [0.1, 0.15) is 30.7 Å². The summed E-state index contributed by atoms with van der Waals surface area (Å²) in [6.45, 7) is 0.740. The lowest BCUT2D eigenvalue weighted by atomic mass is 10.2. The Kier molecular flexibility index (Phi) is 4.18. The van der Waals surface area contributed by atoms with Crippen LogP contribution in [-0.2, 0) is 10.5 Å². The van der Waals surface area contributed by atoms with Gasteiger partial charge in [0.25, 0.3) is 0 Å². The summed E-state index contributed by atoms with van der Waals surface area (Å²) in [4.78, 5) is 0. The standard InChI is InChI=1S/C15H16N6O2S/c16-21-13(11-7-4-8-22-11)18-20-15(21)24-9-12-17-19-14(23-12)10-5-2-1-3-6-10/h1-3,5-6,11H,4,7-9,16H2/t11-/m1/s1. The van der Waals surface area contributed by atoms with Gasteiger partial charge in [-0.25, -0.2) is 4.68 Å². The Morgan fingerprint density at radius 2 is 2.04 bits per heavy atom. The molecule has 0 radical (unpaired) electrons. The second-order valence-corrected chi connectivity index (χ2v) is 6.31. The lowest BCUT2D eigenvalue weighted by Gasteiger charge is -2.08. The molecule has 124 valence electrons. The minimum atomic E-state index is -0.0649. The van der Waals surface area contributed by atoms with Gasteiger partial charge >= 0.3 is 0 Å². The Hall–Kier alpha value is -2.39. The van der Waals surface area contributed by atoms with Crippen molar-refractivity contribution >= 4 is 11.8 Å². The lowest BCUT2D eigenvalue weighted by molar-refractivity contribution is 0.103. The summed E-state index contributed by atoms with van der Waals surface area (Å²) in [5, 5.41) is 17.0. The van der Waals surface area contributed by atoms with E-state index < -0.39 is 0 Å². The maximum Gasteiger partial charge on any atom is 0.247 e. The van der Waals surface area contributed by atoms with E-state index in [9.17, 15) is 0 Å². The van der Waals surface area contributed by atoms with Crippen LogP contribution in [0.25, 0.3) is 11.5 Å². The molecule has 1 aromatic carbocycles. The number of nitrogens with zero attached hydrogens (tertiary/aromatic N) is 5. The highest BCUT2D eigenvalue weighted by atomic mass is 32.2. The summed E-state index contributed by atoms with van der Waals surface area (Å²) in [5.41, 5.74) is 0.893. The number of hydrogen-bond acceptors (Lipinski definition) is 8. The molecule has 0 bridgehead atoms. The van der Waals surface area contributed by atoms with Crippen molar-refractivity contribution in [2.75, 3.05) is 12.4 Å². The van der Waals surface area contributed by atoms with Crippen molar-refractivity contribution < 1.29 is 9.15 Å². The van der Waals surface area contributed by atoms with Crippen molar-refractivity contribution in [3.8, 4) is 11.5 Å². The predicted octanol–water partition coefficient (Wildman–Crippen LogP) is 2.19. The van der Waals surface area contributed by atoms with Gasteiger partial charge in [0.1, 0.15) is 6.10 Å². The molecule has 1 fully saturated rings. The number of aromatic nitrogens is 5. The molecule has 3 heterocycles. The molecule has 1 atom stereocenters. The van der Waals surface area contributed by atoms with Gasteiger partial charge in [0.15, 0.2) is 5.82 Å². The maximum atomic E-state index is 6.07. The van der Waals surface area contributed by atoms with E-state index in [0.29, 0.717) is 28.5 Å². The topological polar surface area (TPSA) is 105 Å². The Balaban J connectivity index is 1.43. The first-order valence-electron chi connectivity index (χ1n) is 7.64. The third kappa shape index (κ3) is 3.00. The molecule has 24 heavy (non-hydrogen) atoms. The molecular formula is C15H16N6O2S. The Morgan fingerprint density at radius 3 is 2.83 bits per heavy atom. The van der Waals surface area contributed by atoms with Gasteiger partial charge < -0.3 is 15.0 Å². The van der Waals surface area contributed by atoms with Crippen molar-refractivity contribution in [3.05, 3.63) is 42.0 Å². The number of benzene rings is 1. The van der Waals surface area contributed by atoms with Gasteiger partial charge in [-0.15, -0.1) is 20.4 Å². The second-order valence-electron chi connectivity index (χ2n) is 5.37. The quantitative estimate of drug-likeness (QED) is 0.555. The first kappa shape index (κ1) is 15.2. The van der Waals surface area contributed by atoms with Crippen molar-refractivity contribution in [1.82, 2.24) is 25.1 Å². The maximum absolute atomic E-state index is 6.07. The fraction of sp³-hybridized carbons (Fsp3) is 0.333. The van der Waals surface area contributed by atoms with Crippen molar-refractivity contribution in [3.63, 3.8) is 0 Å². The average molecular weight is 344 g/mol. The number of rotatable bonds is 5. The summed E-state index contributed by atoms with van der Waals surface area (Å²) in [6.07, 6.45) is 1.87. The van der Waals surface area contributed by atoms with Crippen LogP contribution in [0.2, 0.25) is 0 Å². The van der Waals surface area contributed by atoms with Crippen LogP contribution < -0.4 is 5.84 Å². The highest BCUT2D eigenvalue weighted by Crippen LogP contribution is 2.29. The third-order valence-electron chi connectivity index (χ3n) is 3.72. The SMILES string of the molecule is Nn1c(SCc2nnc(-c3ccccc3)o2)nnc1[C@H]1CCCO1. The van der Waals surface area contributed by atoms with Gasteiger partial charge in [0.2, 0.25) is 16.9 Å². The smallest absolute Gasteiger partial charge is 0.247 e. The molecule has 0 aliphatic carbocycles. The lowest BCUT2D eigenvalue weighted by Crippen LogP contribution is -2.16. The predicted molar refractivity (Wildman–Crippen MR) is 87.4 cm³/mol. The fourth-order valence-electron chi connectivity index (χ4n) is 2.52. The molecule has 2 aromatic heterocycles. The molecule has 4 rings (SSSR count). The zero-order chi connectivity index (χ0) is 16.4. The van der Waals surface area contributed by atoms with Gasteiger partial charge in [-0.05, 0) is 25.0 Å². The largest absolute Gasteiger partial charge is 0.420 e. The van der Waals surface area contributed by atoms with Gasteiger partial charge in [-0.3, -0.25) is 0 Å². The van der Waals surface area contributed by atoms with Crippen LogP contribution in [0.3, 0.4) is 0 Å². The number of hydrogen-bond donors (Lipinski definition) is 1. The minimum Gasteiger partial charge on any atom is -0.420 e. The molecule has 0 amide bonds. The molecule has 1 aliphatic heterocycles. The van der Waals surface area contributed by atoms with Crippen LogP contribution in [0, 0.1) is 0 Å². The minimum absolute atomic E-state index is 0.0649. The van der Waals surface area contributed by atoms with E-state index in [4.69, 9.17) is 15.0 Å². The van der Waals surface area contributed by atoms with Gasteiger partial charge in [-0.1, -0.05) is 30.0 Å². The van der Waals surface area contributed by atoms with Gasteiger partial charge in [0.05, 0.1) is 5.75 Å². The molecule has 0 unspecified atom stereocenters. The molecule has 1 aliphatic rings. The zero-order valence-electron chi connectivity index (χ0n) is 12.8. The zero-order valence-corrected chi connectivity index (χ0v) is 13.6. The van der Waals surface area contributed by atoms with Crippen molar-refractivity contribution in [2.45, 2.75) is 29.9 Å². The van der Waals surface area contributed by atoms with Crippen molar-refractivity contribution in [2.24, 2.45) is 0 Å². The molecule has 3 aromatic rings. The highest BCUT2D eigenvalue weighted by Gasteiger charge is 2.24. The van der Waals surface area contributed by atoms with E-state index in [0.717, 1.165) is 25.0 Å². The van der Waals surface area contributed by atoms with Crippen molar-refractivity contribution in [1.29, 1.82) is 0 Å².